The van der Waals surface area contributed by atoms with E-state index in [1.807, 2.05) is 27.7 Å². The number of carbonyl (C=O) groups excluding carboxylic acids is 2. The zero-order valence-electron chi connectivity index (χ0n) is 23.0. The van der Waals surface area contributed by atoms with E-state index in [2.05, 4.69) is 5.32 Å². The van der Waals surface area contributed by atoms with Crippen molar-refractivity contribution in [3.63, 3.8) is 0 Å². The van der Waals surface area contributed by atoms with E-state index in [1.54, 1.807) is 49.4 Å². The van der Waals surface area contributed by atoms with Gasteiger partial charge in [-0.25, -0.2) is 12.8 Å². The Morgan fingerprint density at radius 2 is 1.46 bits per heavy atom. The summed E-state index contributed by atoms with van der Waals surface area (Å²) in [6.07, 6.45) is 0.690. The molecule has 0 fully saturated rings. The van der Waals surface area contributed by atoms with Gasteiger partial charge < -0.3 is 10.2 Å². The number of carbonyl (C=O) groups is 2. The number of rotatable bonds is 11. The van der Waals surface area contributed by atoms with E-state index in [-0.39, 0.29) is 23.0 Å². The summed E-state index contributed by atoms with van der Waals surface area (Å²) in [5.41, 5.74) is 2.34. The van der Waals surface area contributed by atoms with Crippen molar-refractivity contribution in [2.24, 2.45) is 0 Å². The predicted octanol–water partition coefficient (Wildman–Crippen LogP) is 4.97. The lowest BCUT2D eigenvalue weighted by atomic mass is 10.1. The molecule has 0 spiro atoms. The SMILES string of the molecule is CCC(C)NC(=O)C(C)N(Cc1ccccc1F)C(=O)CN(c1ccc(C)cc1)S(=O)(=O)c1ccc(C)cc1. The van der Waals surface area contributed by atoms with Gasteiger partial charge in [-0.3, -0.25) is 13.9 Å². The van der Waals surface area contributed by atoms with Crippen LogP contribution in [-0.4, -0.2) is 43.8 Å². The summed E-state index contributed by atoms with van der Waals surface area (Å²) in [5.74, 6) is -1.56. The minimum atomic E-state index is -4.15. The topological polar surface area (TPSA) is 86.8 Å². The second-order valence-corrected chi connectivity index (χ2v) is 11.6. The summed E-state index contributed by atoms with van der Waals surface area (Å²) in [7, 11) is -4.15. The van der Waals surface area contributed by atoms with Crippen LogP contribution in [0.4, 0.5) is 10.1 Å². The molecular weight excluding hydrogens is 517 g/mol. The fourth-order valence-electron chi connectivity index (χ4n) is 3.94. The lowest BCUT2D eigenvalue weighted by molar-refractivity contribution is -0.139. The maximum Gasteiger partial charge on any atom is 0.264 e. The zero-order valence-corrected chi connectivity index (χ0v) is 23.8. The molecule has 0 bridgehead atoms. The van der Waals surface area contributed by atoms with Crippen LogP contribution in [0.25, 0.3) is 0 Å². The Hall–Kier alpha value is -3.72. The van der Waals surface area contributed by atoms with E-state index in [0.717, 1.165) is 15.4 Å². The van der Waals surface area contributed by atoms with Gasteiger partial charge in [0.1, 0.15) is 18.4 Å². The van der Waals surface area contributed by atoms with Gasteiger partial charge >= 0.3 is 0 Å². The second kappa shape index (κ2) is 12.9. The Bertz CT molecular complexity index is 1390. The lowest BCUT2D eigenvalue weighted by Crippen LogP contribution is -2.52. The quantitative estimate of drug-likeness (QED) is 0.363. The highest BCUT2D eigenvalue weighted by Crippen LogP contribution is 2.25. The third-order valence-electron chi connectivity index (χ3n) is 6.68. The van der Waals surface area contributed by atoms with E-state index in [0.29, 0.717) is 12.1 Å². The van der Waals surface area contributed by atoms with Gasteiger partial charge in [-0.2, -0.15) is 0 Å². The molecule has 3 aromatic rings. The molecule has 0 saturated heterocycles. The molecule has 0 aromatic heterocycles. The lowest BCUT2D eigenvalue weighted by Gasteiger charge is -2.32. The average Bonchev–Trinajstić information content (AvgIpc) is 2.91. The number of hydrogen-bond acceptors (Lipinski definition) is 4. The molecule has 1 N–H and O–H groups in total. The molecule has 0 aliphatic rings. The molecule has 2 atom stereocenters. The van der Waals surface area contributed by atoms with Crippen LogP contribution >= 0.6 is 0 Å². The number of benzene rings is 3. The maximum atomic E-state index is 14.6. The van der Waals surface area contributed by atoms with E-state index in [1.165, 1.54) is 35.2 Å². The first-order chi connectivity index (χ1) is 18.4. The Morgan fingerprint density at radius 1 is 0.897 bits per heavy atom. The molecular formula is C30H36FN3O4S. The summed E-state index contributed by atoms with van der Waals surface area (Å²) in [6, 6.07) is 18.1. The Kier molecular flexibility index (Phi) is 9.86. The van der Waals surface area contributed by atoms with Gasteiger partial charge in [0.15, 0.2) is 0 Å². The van der Waals surface area contributed by atoms with Gasteiger partial charge in [-0.05, 0) is 64.4 Å². The number of hydrogen-bond donors (Lipinski definition) is 1. The molecule has 0 aliphatic carbocycles. The molecule has 3 rings (SSSR count). The van der Waals surface area contributed by atoms with Crippen molar-refractivity contribution < 1.29 is 22.4 Å². The summed E-state index contributed by atoms with van der Waals surface area (Å²) in [5, 5.41) is 2.86. The number of aryl methyl sites for hydroxylation is 2. The predicted molar refractivity (Wildman–Crippen MR) is 151 cm³/mol. The highest BCUT2D eigenvalue weighted by molar-refractivity contribution is 7.92. The highest BCUT2D eigenvalue weighted by Gasteiger charge is 2.33. The van der Waals surface area contributed by atoms with Crippen LogP contribution in [0.3, 0.4) is 0 Å². The molecule has 208 valence electrons. The molecule has 0 aliphatic heterocycles. The van der Waals surface area contributed by atoms with Gasteiger partial charge in [0.05, 0.1) is 10.6 Å². The van der Waals surface area contributed by atoms with Crippen molar-refractivity contribution in [1.82, 2.24) is 10.2 Å². The fraction of sp³-hybridized carbons (Fsp3) is 0.333. The summed E-state index contributed by atoms with van der Waals surface area (Å²) < 4.78 is 43.2. The maximum absolute atomic E-state index is 14.6. The number of sulfonamides is 1. The molecule has 7 nitrogen and oxygen atoms in total. The van der Waals surface area contributed by atoms with E-state index < -0.39 is 40.2 Å². The van der Waals surface area contributed by atoms with Crippen molar-refractivity contribution in [2.75, 3.05) is 10.8 Å². The van der Waals surface area contributed by atoms with Crippen molar-refractivity contribution in [3.05, 3.63) is 95.3 Å². The van der Waals surface area contributed by atoms with E-state index in [4.69, 9.17) is 0 Å². The standard InChI is InChI=1S/C30H36FN3O4S/c1-6-23(4)32-30(36)24(5)33(19-25-9-7-8-10-28(25)31)29(35)20-34(26-15-11-21(2)12-16-26)39(37,38)27-17-13-22(3)14-18-27/h7-18,23-24H,6,19-20H2,1-5H3,(H,32,36). The summed E-state index contributed by atoms with van der Waals surface area (Å²) in [4.78, 5) is 28.2. The van der Waals surface area contributed by atoms with Gasteiger partial charge in [0, 0.05) is 18.2 Å². The van der Waals surface area contributed by atoms with Crippen LogP contribution in [-0.2, 0) is 26.2 Å². The molecule has 2 amide bonds. The number of nitrogens with one attached hydrogen (secondary N) is 1. The average molecular weight is 554 g/mol. The number of anilines is 1. The first-order valence-electron chi connectivity index (χ1n) is 12.9. The molecule has 0 saturated carbocycles. The highest BCUT2D eigenvalue weighted by atomic mass is 32.2. The Labute approximate surface area is 230 Å². The van der Waals surface area contributed by atoms with Crippen LogP contribution < -0.4 is 9.62 Å². The largest absolute Gasteiger partial charge is 0.352 e. The fourth-order valence-corrected chi connectivity index (χ4v) is 5.35. The molecule has 39 heavy (non-hydrogen) atoms. The first-order valence-corrected chi connectivity index (χ1v) is 14.4. The van der Waals surface area contributed by atoms with Crippen molar-refractivity contribution in [2.45, 2.75) is 64.6 Å². The molecule has 0 heterocycles. The van der Waals surface area contributed by atoms with Crippen LogP contribution in [0, 0.1) is 19.7 Å². The summed E-state index contributed by atoms with van der Waals surface area (Å²) >= 11 is 0. The molecule has 2 unspecified atom stereocenters. The molecule has 0 radical (unpaired) electrons. The van der Waals surface area contributed by atoms with Gasteiger partial charge in [-0.1, -0.05) is 60.5 Å². The van der Waals surface area contributed by atoms with Crippen LogP contribution in [0.2, 0.25) is 0 Å². The van der Waals surface area contributed by atoms with Crippen LogP contribution in [0.15, 0.2) is 77.7 Å². The van der Waals surface area contributed by atoms with Gasteiger partial charge in [0.2, 0.25) is 11.8 Å². The van der Waals surface area contributed by atoms with Crippen molar-refractivity contribution >= 4 is 27.5 Å². The smallest absolute Gasteiger partial charge is 0.264 e. The second-order valence-electron chi connectivity index (χ2n) is 9.77. The molecule has 3 aromatic carbocycles. The zero-order chi connectivity index (χ0) is 28.7. The Morgan fingerprint density at radius 3 is 2.03 bits per heavy atom. The number of nitrogens with zero attached hydrogens (tertiary/aromatic N) is 2. The van der Waals surface area contributed by atoms with E-state index >= 15 is 0 Å². The Balaban J connectivity index is 2.03. The minimum absolute atomic E-state index is 0.0321. The van der Waals surface area contributed by atoms with Crippen molar-refractivity contribution in [1.29, 1.82) is 0 Å². The minimum Gasteiger partial charge on any atom is -0.352 e. The third-order valence-corrected chi connectivity index (χ3v) is 8.46. The summed E-state index contributed by atoms with van der Waals surface area (Å²) in [6.45, 7) is 8.28. The van der Waals surface area contributed by atoms with Gasteiger partial charge in [-0.15, -0.1) is 0 Å². The van der Waals surface area contributed by atoms with Crippen LogP contribution in [0.5, 0.6) is 0 Å². The van der Waals surface area contributed by atoms with Crippen LogP contribution in [0.1, 0.15) is 43.9 Å². The monoisotopic (exact) mass is 553 g/mol. The normalized spacial score (nSPS) is 12.9. The third kappa shape index (κ3) is 7.44. The van der Waals surface area contributed by atoms with E-state index in [9.17, 15) is 22.4 Å². The number of halogens is 1. The number of amides is 2. The van der Waals surface area contributed by atoms with Crippen molar-refractivity contribution in [3.8, 4) is 0 Å². The molecule has 9 heteroatoms. The first kappa shape index (κ1) is 29.8. The van der Waals surface area contributed by atoms with Gasteiger partial charge in [0.25, 0.3) is 10.0 Å².